The van der Waals surface area contributed by atoms with Crippen molar-refractivity contribution in [3.63, 3.8) is 0 Å². The van der Waals surface area contributed by atoms with Gasteiger partial charge in [0.25, 0.3) is 5.56 Å². The number of nitrogens with one attached hydrogen (secondary N) is 4. The van der Waals surface area contributed by atoms with Crippen molar-refractivity contribution < 1.29 is 4.79 Å². The van der Waals surface area contributed by atoms with Crippen LogP contribution in [0.15, 0.2) is 65.8 Å². The van der Waals surface area contributed by atoms with Crippen LogP contribution in [0.5, 0.6) is 0 Å². The molecule has 12 nitrogen and oxygen atoms in total. The molecule has 0 saturated heterocycles. The maximum Gasteiger partial charge on any atom is 0.323 e. The van der Waals surface area contributed by atoms with Crippen LogP contribution in [0, 0.1) is 6.92 Å². The summed E-state index contributed by atoms with van der Waals surface area (Å²) in [4.78, 5) is 35.4. The molecule has 0 radical (unpaired) electrons. The number of anilines is 3. The second-order valence-electron chi connectivity index (χ2n) is 11.4. The number of nitrogens with zero attached hydrogens (tertiary/aromatic N) is 6. The summed E-state index contributed by atoms with van der Waals surface area (Å²) in [5, 5.41) is 22.3. The Kier molecular flexibility index (Phi) is 6.68. The largest absolute Gasteiger partial charge is 0.357 e. The number of aromatic amines is 1. The Balaban J connectivity index is 1.32. The first-order chi connectivity index (χ1) is 20.5. The molecule has 4 heterocycles. The standard InChI is InChI=1S/C31H32N10O2/c1-17-7-9-21(13-22(17)23-12-20-14-33-29(32-5)37-27(20)40(6)28(23)42)35-30(43)36-25-16-41(31(2,3)4)39-26(25)18-8-10-24-19(11-18)15-34-38-24/h7-16H,1-6H3,(H,34,38)(H,32,33,37)(H2,35,36,43). The molecule has 12 heteroatoms. The van der Waals surface area contributed by atoms with E-state index in [2.05, 4.69) is 36.1 Å². The summed E-state index contributed by atoms with van der Waals surface area (Å²) in [6.45, 7) is 8.06. The van der Waals surface area contributed by atoms with Gasteiger partial charge in [-0.3, -0.25) is 19.1 Å². The van der Waals surface area contributed by atoms with Gasteiger partial charge in [0, 0.05) is 54.1 Å². The number of rotatable bonds is 5. The highest BCUT2D eigenvalue weighted by atomic mass is 16.2. The van der Waals surface area contributed by atoms with Crippen LogP contribution >= 0.6 is 0 Å². The molecule has 0 bridgehead atoms. The molecule has 0 aliphatic heterocycles. The third kappa shape index (κ3) is 5.18. The molecule has 4 N–H and O–H groups in total. The monoisotopic (exact) mass is 576 g/mol. The van der Waals surface area contributed by atoms with Crippen LogP contribution < -0.4 is 21.5 Å². The maximum atomic E-state index is 13.4. The number of urea groups is 1. The number of benzene rings is 2. The van der Waals surface area contributed by atoms with E-state index in [1.807, 2.05) is 62.8 Å². The molecule has 2 aromatic carbocycles. The number of aryl methyl sites for hydroxylation is 2. The van der Waals surface area contributed by atoms with E-state index < -0.39 is 6.03 Å². The number of fused-ring (bicyclic) bond motifs is 2. The van der Waals surface area contributed by atoms with Crippen LogP contribution in [0.25, 0.3) is 44.3 Å². The van der Waals surface area contributed by atoms with Crippen LogP contribution in [-0.2, 0) is 12.6 Å². The molecule has 6 rings (SSSR count). The van der Waals surface area contributed by atoms with E-state index in [1.165, 1.54) is 4.57 Å². The van der Waals surface area contributed by atoms with Crippen molar-refractivity contribution >= 4 is 45.3 Å². The Morgan fingerprint density at radius 2 is 1.79 bits per heavy atom. The lowest BCUT2D eigenvalue weighted by Gasteiger charge is -2.18. The van der Waals surface area contributed by atoms with Gasteiger partial charge in [-0.2, -0.15) is 15.2 Å². The number of aromatic nitrogens is 7. The van der Waals surface area contributed by atoms with Gasteiger partial charge in [0.05, 0.1) is 22.9 Å². The van der Waals surface area contributed by atoms with Gasteiger partial charge in [-0.25, -0.2) is 9.78 Å². The molecule has 0 saturated carbocycles. The summed E-state index contributed by atoms with van der Waals surface area (Å²) in [7, 11) is 3.41. The van der Waals surface area contributed by atoms with Crippen molar-refractivity contribution in [1.82, 2.24) is 34.5 Å². The predicted octanol–water partition coefficient (Wildman–Crippen LogP) is 5.48. The van der Waals surface area contributed by atoms with E-state index in [4.69, 9.17) is 5.10 Å². The summed E-state index contributed by atoms with van der Waals surface area (Å²) in [6.07, 6.45) is 5.26. The lowest BCUT2D eigenvalue weighted by molar-refractivity contribution is 0.262. The number of carbonyl (C=O) groups excluding carboxylic acids is 1. The molecule has 6 aromatic rings. The molecule has 2 amide bonds. The van der Waals surface area contributed by atoms with Crippen LogP contribution in [-0.4, -0.2) is 47.6 Å². The number of amides is 2. The summed E-state index contributed by atoms with van der Waals surface area (Å²) in [6, 6.07) is 12.7. The van der Waals surface area contributed by atoms with Gasteiger partial charge >= 0.3 is 6.03 Å². The molecule has 0 aliphatic carbocycles. The minimum absolute atomic E-state index is 0.202. The van der Waals surface area contributed by atoms with Crippen molar-refractivity contribution in [1.29, 1.82) is 0 Å². The smallest absolute Gasteiger partial charge is 0.323 e. The molecule has 0 fully saturated rings. The van der Waals surface area contributed by atoms with E-state index in [0.29, 0.717) is 39.8 Å². The van der Waals surface area contributed by atoms with E-state index in [-0.39, 0.29) is 11.1 Å². The number of hydrogen-bond donors (Lipinski definition) is 4. The third-order valence-corrected chi connectivity index (χ3v) is 7.32. The summed E-state index contributed by atoms with van der Waals surface area (Å²) >= 11 is 0. The minimum atomic E-state index is -0.437. The Hall–Kier alpha value is -5.52. The number of carbonyl (C=O) groups is 1. The molecule has 0 aliphatic rings. The van der Waals surface area contributed by atoms with E-state index in [0.717, 1.165) is 27.4 Å². The fourth-order valence-electron chi connectivity index (χ4n) is 4.95. The van der Waals surface area contributed by atoms with Crippen molar-refractivity contribution in [2.45, 2.75) is 33.2 Å². The first-order valence-corrected chi connectivity index (χ1v) is 13.8. The summed E-state index contributed by atoms with van der Waals surface area (Å²) in [5.41, 5.74) is 5.60. The molecular weight excluding hydrogens is 544 g/mol. The van der Waals surface area contributed by atoms with E-state index in [9.17, 15) is 9.59 Å². The average Bonchev–Trinajstić information content (AvgIpc) is 3.62. The molecule has 4 aromatic heterocycles. The zero-order valence-corrected chi connectivity index (χ0v) is 24.8. The van der Waals surface area contributed by atoms with E-state index >= 15 is 0 Å². The van der Waals surface area contributed by atoms with Gasteiger partial charge in [-0.05, 0) is 69.2 Å². The topological polar surface area (TPSA) is 147 Å². The highest BCUT2D eigenvalue weighted by Crippen LogP contribution is 2.32. The van der Waals surface area contributed by atoms with Crippen LogP contribution in [0.2, 0.25) is 0 Å². The highest BCUT2D eigenvalue weighted by Gasteiger charge is 2.21. The lowest BCUT2D eigenvalue weighted by Crippen LogP contribution is -2.22. The first kappa shape index (κ1) is 27.6. The van der Waals surface area contributed by atoms with Gasteiger partial charge in [0.15, 0.2) is 0 Å². The number of pyridine rings is 1. The third-order valence-electron chi connectivity index (χ3n) is 7.32. The second-order valence-corrected chi connectivity index (χ2v) is 11.4. The molecule has 0 unspecified atom stereocenters. The van der Waals surface area contributed by atoms with Gasteiger partial charge in [-0.1, -0.05) is 12.1 Å². The van der Waals surface area contributed by atoms with Crippen molar-refractivity contribution in [3.05, 3.63) is 77.0 Å². The quantitative estimate of drug-likeness (QED) is 0.212. The number of H-pyrrole nitrogens is 1. The molecule has 0 spiro atoms. The normalized spacial score (nSPS) is 11.7. The van der Waals surface area contributed by atoms with Crippen molar-refractivity contribution in [3.8, 4) is 22.4 Å². The highest BCUT2D eigenvalue weighted by molar-refractivity contribution is 6.02. The zero-order valence-electron chi connectivity index (χ0n) is 24.8. The summed E-state index contributed by atoms with van der Waals surface area (Å²) < 4.78 is 3.34. The van der Waals surface area contributed by atoms with Crippen LogP contribution in [0.3, 0.4) is 0 Å². The Morgan fingerprint density at radius 1 is 0.977 bits per heavy atom. The molecular formula is C31H32N10O2. The van der Waals surface area contributed by atoms with E-state index in [1.54, 1.807) is 44.7 Å². The first-order valence-electron chi connectivity index (χ1n) is 13.8. The number of hydrogen-bond acceptors (Lipinski definition) is 7. The predicted molar refractivity (Wildman–Crippen MR) is 169 cm³/mol. The SMILES string of the molecule is CNc1ncc2cc(-c3cc(NC(=O)Nc4cn(C(C)(C)C)nc4-c4ccc5[nH]ncc5c4)ccc3C)c(=O)n(C)c2n1. The fourth-order valence-corrected chi connectivity index (χ4v) is 4.95. The van der Waals surface area contributed by atoms with Crippen molar-refractivity contribution in [2.24, 2.45) is 7.05 Å². The summed E-state index contributed by atoms with van der Waals surface area (Å²) in [5.74, 6) is 0.432. The molecule has 0 atom stereocenters. The Bertz CT molecular complexity index is 2080. The van der Waals surface area contributed by atoms with Gasteiger partial charge in [0.1, 0.15) is 11.3 Å². The molecule has 218 valence electrons. The van der Waals surface area contributed by atoms with Crippen LogP contribution in [0.4, 0.5) is 22.1 Å². The Morgan fingerprint density at radius 3 is 2.56 bits per heavy atom. The maximum absolute atomic E-state index is 13.4. The second kappa shape index (κ2) is 10.4. The molecule has 43 heavy (non-hydrogen) atoms. The fraction of sp³-hybridized carbons (Fsp3) is 0.226. The Labute approximate surface area is 247 Å². The average molecular weight is 577 g/mol. The van der Waals surface area contributed by atoms with Gasteiger partial charge < -0.3 is 16.0 Å². The lowest BCUT2D eigenvalue weighted by atomic mass is 10.00. The van der Waals surface area contributed by atoms with Gasteiger partial charge in [0.2, 0.25) is 5.95 Å². The van der Waals surface area contributed by atoms with Crippen LogP contribution in [0.1, 0.15) is 26.3 Å². The minimum Gasteiger partial charge on any atom is -0.357 e. The zero-order chi connectivity index (χ0) is 30.5. The van der Waals surface area contributed by atoms with Gasteiger partial charge in [-0.15, -0.1) is 0 Å². The van der Waals surface area contributed by atoms with Crippen molar-refractivity contribution in [2.75, 3.05) is 23.0 Å².